The molecular weight excluding hydrogens is 382 g/mol. The van der Waals surface area contributed by atoms with Crippen molar-refractivity contribution in [3.8, 4) is 0 Å². The molecule has 2 aromatic rings. The highest BCUT2D eigenvalue weighted by Gasteiger charge is 2.31. The van der Waals surface area contributed by atoms with Crippen LogP contribution in [0.15, 0.2) is 42.5 Å². The van der Waals surface area contributed by atoms with Crippen LogP contribution in [0.1, 0.15) is 29.5 Å². The molecule has 0 N–H and O–H groups in total. The molecule has 2 aromatic carbocycles. The smallest absolute Gasteiger partial charge is 0.127 e. The van der Waals surface area contributed by atoms with Gasteiger partial charge in [-0.3, -0.25) is 9.80 Å². The maximum Gasteiger partial charge on any atom is 0.127 e. The third-order valence-electron chi connectivity index (χ3n) is 6.63. The molecule has 5 heteroatoms. The van der Waals surface area contributed by atoms with E-state index in [2.05, 4.69) is 34.1 Å². The van der Waals surface area contributed by atoms with Gasteiger partial charge in [-0.25, -0.2) is 8.78 Å². The van der Waals surface area contributed by atoms with Crippen LogP contribution in [0.5, 0.6) is 0 Å². The number of likely N-dealkylation sites (tertiary alicyclic amines) is 1. The number of nitrogens with zero attached hydrogens (tertiary/aromatic N) is 2. The summed E-state index contributed by atoms with van der Waals surface area (Å²) >= 11 is 0. The summed E-state index contributed by atoms with van der Waals surface area (Å²) in [4.78, 5) is 4.88. The molecule has 1 aliphatic carbocycles. The first kappa shape index (κ1) is 21.4. The predicted molar refractivity (Wildman–Crippen MR) is 115 cm³/mol. The third-order valence-corrected chi connectivity index (χ3v) is 6.63. The van der Waals surface area contributed by atoms with Crippen molar-refractivity contribution < 1.29 is 13.5 Å². The Bertz CT molecular complexity index is 819. The molecule has 1 fully saturated rings. The van der Waals surface area contributed by atoms with Gasteiger partial charge in [-0.2, -0.15) is 0 Å². The molecule has 162 valence electrons. The standard InChI is InChI=1S/C25H32F2N2O/c1-30-12-11-28(18-22-13-23(26)8-9-25(22)27)16-19-5-4-10-29(17-19)24-14-20-6-2-3-7-21(20)15-24/h2-3,6-9,13,19,24H,4-5,10-12,14-18H2,1H3/t19-/m0/s1. The molecule has 3 nitrogen and oxygen atoms in total. The second-order valence-corrected chi connectivity index (χ2v) is 8.80. The average molecular weight is 415 g/mol. The number of hydrogen-bond donors (Lipinski definition) is 0. The van der Waals surface area contributed by atoms with E-state index >= 15 is 0 Å². The van der Waals surface area contributed by atoms with E-state index in [0.717, 1.165) is 39.0 Å². The van der Waals surface area contributed by atoms with Gasteiger partial charge in [0, 0.05) is 44.9 Å². The summed E-state index contributed by atoms with van der Waals surface area (Å²) in [5, 5.41) is 0. The summed E-state index contributed by atoms with van der Waals surface area (Å²) in [6.45, 7) is 4.84. The second-order valence-electron chi connectivity index (χ2n) is 8.80. The molecule has 1 saturated heterocycles. The fourth-order valence-corrected chi connectivity index (χ4v) is 5.10. The van der Waals surface area contributed by atoms with Crippen LogP contribution in [-0.4, -0.2) is 55.7 Å². The first-order valence-corrected chi connectivity index (χ1v) is 11.1. The lowest BCUT2D eigenvalue weighted by Crippen LogP contribution is -2.46. The molecule has 0 amide bonds. The lowest BCUT2D eigenvalue weighted by Gasteiger charge is -2.38. The zero-order valence-electron chi connectivity index (χ0n) is 17.8. The van der Waals surface area contributed by atoms with Gasteiger partial charge < -0.3 is 4.74 Å². The summed E-state index contributed by atoms with van der Waals surface area (Å²) < 4.78 is 33.1. The lowest BCUT2D eigenvalue weighted by atomic mass is 9.95. The van der Waals surface area contributed by atoms with Crippen LogP contribution in [0.2, 0.25) is 0 Å². The van der Waals surface area contributed by atoms with Crippen molar-refractivity contribution >= 4 is 0 Å². The fraction of sp³-hybridized carbons (Fsp3) is 0.520. The van der Waals surface area contributed by atoms with Crippen molar-refractivity contribution in [3.05, 3.63) is 70.8 Å². The van der Waals surface area contributed by atoms with E-state index in [4.69, 9.17) is 4.74 Å². The van der Waals surface area contributed by atoms with E-state index in [0.29, 0.717) is 30.7 Å². The van der Waals surface area contributed by atoms with Gasteiger partial charge in [0.05, 0.1) is 6.61 Å². The average Bonchev–Trinajstić information content (AvgIpc) is 3.19. The highest BCUT2D eigenvalue weighted by Crippen LogP contribution is 2.29. The van der Waals surface area contributed by atoms with Crippen LogP contribution < -0.4 is 0 Å². The van der Waals surface area contributed by atoms with Crippen LogP contribution in [0.4, 0.5) is 8.78 Å². The Morgan fingerprint density at radius 1 is 1.10 bits per heavy atom. The number of piperidine rings is 1. The number of ether oxygens (including phenoxy) is 1. The number of methoxy groups -OCH3 is 1. The topological polar surface area (TPSA) is 15.7 Å². The van der Waals surface area contributed by atoms with Crippen LogP contribution in [-0.2, 0) is 24.1 Å². The van der Waals surface area contributed by atoms with Crippen molar-refractivity contribution in [1.82, 2.24) is 9.80 Å². The molecule has 0 spiro atoms. The van der Waals surface area contributed by atoms with Gasteiger partial charge in [-0.1, -0.05) is 24.3 Å². The Labute approximate surface area is 178 Å². The Hall–Kier alpha value is -1.82. The van der Waals surface area contributed by atoms with Crippen LogP contribution in [0.3, 0.4) is 0 Å². The number of rotatable bonds is 8. The van der Waals surface area contributed by atoms with Crippen LogP contribution >= 0.6 is 0 Å². The van der Waals surface area contributed by atoms with Crippen molar-refractivity contribution in [1.29, 1.82) is 0 Å². The normalized spacial score (nSPS) is 20.1. The van der Waals surface area contributed by atoms with E-state index in [-0.39, 0.29) is 11.6 Å². The first-order chi connectivity index (χ1) is 14.6. The highest BCUT2D eigenvalue weighted by molar-refractivity contribution is 5.33. The minimum atomic E-state index is -0.386. The van der Waals surface area contributed by atoms with E-state index in [1.165, 1.54) is 42.2 Å². The number of halogens is 2. The molecule has 0 radical (unpaired) electrons. The van der Waals surface area contributed by atoms with Crippen molar-refractivity contribution in [3.63, 3.8) is 0 Å². The van der Waals surface area contributed by atoms with E-state index in [1.54, 1.807) is 7.11 Å². The minimum Gasteiger partial charge on any atom is -0.383 e. The molecule has 1 atom stereocenters. The Kier molecular flexibility index (Phi) is 7.13. The van der Waals surface area contributed by atoms with Gasteiger partial charge in [-0.05, 0) is 67.5 Å². The first-order valence-electron chi connectivity index (χ1n) is 11.1. The predicted octanol–water partition coefficient (Wildman–Crippen LogP) is 4.29. The molecule has 0 bridgehead atoms. The Morgan fingerprint density at radius 3 is 2.60 bits per heavy atom. The van der Waals surface area contributed by atoms with Gasteiger partial charge in [-0.15, -0.1) is 0 Å². The van der Waals surface area contributed by atoms with Crippen LogP contribution in [0.25, 0.3) is 0 Å². The van der Waals surface area contributed by atoms with E-state index < -0.39 is 0 Å². The molecule has 2 aliphatic rings. The molecule has 1 aliphatic heterocycles. The van der Waals surface area contributed by atoms with Gasteiger partial charge in [0.2, 0.25) is 0 Å². The third kappa shape index (κ3) is 5.26. The fourth-order valence-electron chi connectivity index (χ4n) is 5.10. The zero-order chi connectivity index (χ0) is 20.9. The minimum absolute atomic E-state index is 0.340. The van der Waals surface area contributed by atoms with E-state index in [1.807, 2.05) is 0 Å². The highest BCUT2D eigenvalue weighted by atomic mass is 19.1. The molecule has 30 heavy (non-hydrogen) atoms. The monoisotopic (exact) mass is 414 g/mol. The van der Waals surface area contributed by atoms with Gasteiger partial charge in [0.1, 0.15) is 11.6 Å². The van der Waals surface area contributed by atoms with Crippen molar-refractivity contribution in [2.75, 3.05) is 39.9 Å². The summed E-state index contributed by atoms with van der Waals surface area (Å²) in [6, 6.07) is 13.1. The summed E-state index contributed by atoms with van der Waals surface area (Å²) in [7, 11) is 1.68. The SMILES string of the molecule is COCCN(Cc1cc(F)ccc1F)C[C@@H]1CCCN(C2Cc3ccccc3C2)C1. The number of fused-ring (bicyclic) bond motifs is 1. The quantitative estimate of drug-likeness (QED) is 0.641. The van der Waals surface area contributed by atoms with Gasteiger partial charge >= 0.3 is 0 Å². The van der Waals surface area contributed by atoms with Crippen molar-refractivity contribution in [2.45, 2.75) is 38.3 Å². The van der Waals surface area contributed by atoms with Crippen LogP contribution in [0, 0.1) is 17.6 Å². The van der Waals surface area contributed by atoms with Gasteiger partial charge in [0.25, 0.3) is 0 Å². The largest absolute Gasteiger partial charge is 0.383 e. The zero-order valence-corrected chi connectivity index (χ0v) is 17.8. The number of hydrogen-bond acceptors (Lipinski definition) is 3. The molecule has 0 unspecified atom stereocenters. The lowest BCUT2D eigenvalue weighted by molar-refractivity contribution is 0.0839. The van der Waals surface area contributed by atoms with Crippen molar-refractivity contribution in [2.24, 2.45) is 5.92 Å². The summed E-state index contributed by atoms with van der Waals surface area (Å²) in [5.74, 6) is -0.188. The summed E-state index contributed by atoms with van der Waals surface area (Å²) in [6.07, 6.45) is 4.67. The molecular formula is C25H32F2N2O. The Balaban J connectivity index is 1.38. The Morgan fingerprint density at radius 2 is 1.87 bits per heavy atom. The molecule has 4 rings (SSSR count). The van der Waals surface area contributed by atoms with E-state index in [9.17, 15) is 8.78 Å². The summed E-state index contributed by atoms with van der Waals surface area (Å²) in [5.41, 5.74) is 3.41. The number of benzene rings is 2. The molecule has 0 aromatic heterocycles. The molecule has 0 saturated carbocycles. The maximum atomic E-state index is 14.2. The second kappa shape index (κ2) is 9.99. The van der Waals surface area contributed by atoms with Gasteiger partial charge in [0.15, 0.2) is 0 Å². The molecule has 1 heterocycles. The maximum absolute atomic E-state index is 14.2.